The Hall–Kier alpha value is -0.610. The third kappa shape index (κ3) is 4.10. The van der Waals surface area contributed by atoms with Crippen LogP contribution >= 0.6 is 0 Å². The van der Waals surface area contributed by atoms with Gasteiger partial charge in [0, 0.05) is 13.1 Å². The lowest BCUT2D eigenvalue weighted by Gasteiger charge is -2.27. The van der Waals surface area contributed by atoms with Gasteiger partial charge in [0.2, 0.25) is 0 Å². The summed E-state index contributed by atoms with van der Waals surface area (Å²) in [5.74, 6) is -0.0684. The van der Waals surface area contributed by atoms with Crippen LogP contribution in [0.5, 0.6) is 0 Å². The number of rotatable bonds is 4. The van der Waals surface area contributed by atoms with Gasteiger partial charge in [-0.3, -0.25) is 9.69 Å². The van der Waals surface area contributed by atoms with Crippen molar-refractivity contribution in [2.75, 3.05) is 26.7 Å². The first-order chi connectivity index (χ1) is 7.44. The number of nitrogens with one attached hydrogen (secondary N) is 1. The first kappa shape index (κ1) is 13.5. The van der Waals surface area contributed by atoms with Crippen LogP contribution in [-0.4, -0.2) is 49.2 Å². The molecule has 0 unspecified atom stereocenters. The summed E-state index contributed by atoms with van der Waals surface area (Å²) in [7, 11) is 1.93. The standard InChI is InChI=1S/C12H24N2O2/c1-12(2,3)16-11(15)10-6-5-8-14(10)9-7-13-4/h10,13H,5-9H2,1-4H3/t10-/m0/s1. The molecule has 4 nitrogen and oxygen atoms in total. The molecule has 0 aromatic rings. The minimum atomic E-state index is -0.381. The molecule has 4 heteroatoms. The summed E-state index contributed by atoms with van der Waals surface area (Å²) in [5, 5.41) is 3.11. The number of ether oxygens (including phenoxy) is 1. The summed E-state index contributed by atoms with van der Waals surface area (Å²) >= 11 is 0. The number of likely N-dealkylation sites (N-methyl/N-ethyl adjacent to an activating group) is 1. The van der Waals surface area contributed by atoms with Crippen LogP contribution in [0.3, 0.4) is 0 Å². The number of carbonyl (C=O) groups excluding carboxylic acids is 1. The van der Waals surface area contributed by atoms with Crippen molar-refractivity contribution >= 4 is 5.97 Å². The number of esters is 1. The SMILES string of the molecule is CNCCN1CCC[C@H]1C(=O)OC(C)(C)C. The maximum absolute atomic E-state index is 12.0. The van der Waals surface area contributed by atoms with Gasteiger partial charge in [-0.05, 0) is 47.2 Å². The molecule has 1 saturated heterocycles. The second-order valence-corrected chi connectivity index (χ2v) is 5.33. The van der Waals surface area contributed by atoms with Crippen molar-refractivity contribution in [3.63, 3.8) is 0 Å². The molecule has 0 aromatic carbocycles. The average molecular weight is 228 g/mol. The second kappa shape index (κ2) is 5.64. The van der Waals surface area contributed by atoms with Crippen molar-refractivity contribution in [1.29, 1.82) is 0 Å². The summed E-state index contributed by atoms with van der Waals surface area (Å²) in [6, 6.07) is -0.0347. The van der Waals surface area contributed by atoms with Crippen LogP contribution in [0.15, 0.2) is 0 Å². The van der Waals surface area contributed by atoms with E-state index >= 15 is 0 Å². The molecule has 1 aliphatic heterocycles. The Bertz CT molecular complexity index is 236. The molecule has 1 rings (SSSR count). The van der Waals surface area contributed by atoms with E-state index in [0.717, 1.165) is 32.5 Å². The molecule has 0 radical (unpaired) electrons. The van der Waals surface area contributed by atoms with Crippen molar-refractivity contribution in [3.8, 4) is 0 Å². The van der Waals surface area contributed by atoms with Crippen molar-refractivity contribution in [2.45, 2.75) is 45.3 Å². The summed E-state index contributed by atoms with van der Waals surface area (Å²) in [6.07, 6.45) is 2.02. The van der Waals surface area contributed by atoms with Crippen LogP contribution in [0.1, 0.15) is 33.6 Å². The number of nitrogens with zero attached hydrogens (tertiary/aromatic N) is 1. The zero-order chi connectivity index (χ0) is 12.2. The van der Waals surface area contributed by atoms with Gasteiger partial charge in [-0.25, -0.2) is 0 Å². The van der Waals surface area contributed by atoms with Crippen molar-refractivity contribution < 1.29 is 9.53 Å². The lowest BCUT2D eigenvalue weighted by atomic mass is 10.1. The molecular weight excluding hydrogens is 204 g/mol. The minimum Gasteiger partial charge on any atom is -0.459 e. The summed E-state index contributed by atoms with van der Waals surface area (Å²) in [4.78, 5) is 14.2. The summed E-state index contributed by atoms with van der Waals surface area (Å²) < 4.78 is 5.43. The molecule has 0 spiro atoms. The molecule has 0 aromatic heterocycles. The highest BCUT2D eigenvalue weighted by Gasteiger charge is 2.33. The molecular formula is C12H24N2O2. The van der Waals surface area contributed by atoms with Gasteiger partial charge < -0.3 is 10.1 Å². The Labute approximate surface area is 98.3 Å². The molecule has 16 heavy (non-hydrogen) atoms. The Balaban J connectivity index is 2.47. The molecule has 0 bridgehead atoms. The molecule has 0 aliphatic carbocycles. The Morgan fingerprint density at radius 2 is 2.19 bits per heavy atom. The normalized spacial score (nSPS) is 22.4. The van der Waals surface area contributed by atoms with E-state index in [1.807, 2.05) is 27.8 Å². The van der Waals surface area contributed by atoms with Crippen LogP contribution < -0.4 is 5.32 Å². The smallest absolute Gasteiger partial charge is 0.323 e. The third-order valence-electron chi connectivity index (χ3n) is 2.69. The quantitative estimate of drug-likeness (QED) is 0.729. The number of hydrogen-bond acceptors (Lipinski definition) is 4. The highest BCUT2D eigenvalue weighted by atomic mass is 16.6. The van der Waals surface area contributed by atoms with Crippen molar-refractivity contribution in [3.05, 3.63) is 0 Å². The van der Waals surface area contributed by atoms with E-state index in [0.29, 0.717) is 0 Å². The van der Waals surface area contributed by atoms with Gasteiger partial charge in [0.15, 0.2) is 0 Å². The molecule has 1 atom stereocenters. The van der Waals surface area contributed by atoms with Crippen LogP contribution in [-0.2, 0) is 9.53 Å². The van der Waals surface area contributed by atoms with Crippen LogP contribution in [0.2, 0.25) is 0 Å². The number of hydrogen-bond donors (Lipinski definition) is 1. The van der Waals surface area contributed by atoms with E-state index in [1.165, 1.54) is 0 Å². The molecule has 0 saturated carbocycles. The number of likely N-dealkylation sites (tertiary alicyclic amines) is 1. The Kier molecular flexibility index (Phi) is 4.74. The predicted octanol–water partition coefficient (Wildman–Crippen LogP) is 1.01. The van der Waals surface area contributed by atoms with Gasteiger partial charge in [0.05, 0.1) is 0 Å². The van der Waals surface area contributed by atoms with Gasteiger partial charge in [0.25, 0.3) is 0 Å². The van der Waals surface area contributed by atoms with Crippen LogP contribution in [0, 0.1) is 0 Å². The fraction of sp³-hybridized carbons (Fsp3) is 0.917. The zero-order valence-electron chi connectivity index (χ0n) is 10.9. The summed E-state index contributed by atoms with van der Waals surface area (Å²) in [6.45, 7) is 8.58. The Morgan fingerprint density at radius 1 is 1.50 bits per heavy atom. The lowest BCUT2D eigenvalue weighted by Crippen LogP contribution is -2.42. The highest BCUT2D eigenvalue weighted by molar-refractivity contribution is 5.76. The number of carbonyl (C=O) groups is 1. The minimum absolute atomic E-state index is 0.0347. The molecule has 1 aliphatic rings. The zero-order valence-corrected chi connectivity index (χ0v) is 10.9. The topological polar surface area (TPSA) is 41.6 Å². The predicted molar refractivity (Wildman–Crippen MR) is 64.4 cm³/mol. The van der Waals surface area contributed by atoms with Crippen molar-refractivity contribution in [2.24, 2.45) is 0 Å². The van der Waals surface area contributed by atoms with Gasteiger partial charge in [-0.15, -0.1) is 0 Å². The van der Waals surface area contributed by atoms with Crippen LogP contribution in [0.4, 0.5) is 0 Å². The second-order valence-electron chi connectivity index (χ2n) is 5.33. The lowest BCUT2D eigenvalue weighted by molar-refractivity contribution is -0.160. The average Bonchev–Trinajstić information content (AvgIpc) is 2.59. The van der Waals surface area contributed by atoms with E-state index in [1.54, 1.807) is 0 Å². The van der Waals surface area contributed by atoms with Gasteiger partial charge in [-0.2, -0.15) is 0 Å². The Morgan fingerprint density at radius 3 is 2.75 bits per heavy atom. The largest absolute Gasteiger partial charge is 0.459 e. The van der Waals surface area contributed by atoms with Gasteiger partial charge in [0.1, 0.15) is 11.6 Å². The highest BCUT2D eigenvalue weighted by Crippen LogP contribution is 2.20. The first-order valence-electron chi connectivity index (χ1n) is 6.05. The fourth-order valence-electron chi connectivity index (χ4n) is 1.99. The fourth-order valence-corrected chi connectivity index (χ4v) is 1.99. The molecule has 1 heterocycles. The maximum atomic E-state index is 12.0. The summed E-state index contributed by atoms with van der Waals surface area (Å²) in [5.41, 5.74) is -0.381. The maximum Gasteiger partial charge on any atom is 0.323 e. The molecule has 0 amide bonds. The van der Waals surface area contributed by atoms with E-state index in [9.17, 15) is 4.79 Å². The van der Waals surface area contributed by atoms with Gasteiger partial charge >= 0.3 is 5.97 Å². The molecule has 94 valence electrons. The third-order valence-corrected chi connectivity index (χ3v) is 2.69. The van der Waals surface area contributed by atoms with Crippen LogP contribution in [0.25, 0.3) is 0 Å². The monoisotopic (exact) mass is 228 g/mol. The van der Waals surface area contributed by atoms with E-state index in [4.69, 9.17) is 4.74 Å². The van der Waals surface area contributed by atoms with E-state index < -0.39 is 0 Å². The van der Waals surface area contributed by atoms with E-state index in [2.05, 4.69) is 10.2 Å². The molecule has 1 N–H and O–H groups in total. The van der Waals surface area contributed by atoms with E-state index in [-0.39, 0.29) is 17.6 Å². The van der Waals surface area contributed by atoms with Crippen molar-refractivity contribution in [1.82, 2.24) is 10.2 Å². The molecule has 1 fully saturated rings. The first-order valence-corrected chi connectivity index (χ1v) is 6.05. The van der Waals surface area contributed by atoms with Gasteiger partial charge in [-0.1, -0.05) is 0 Å².